The smallest absolute Gasteiger partial charge is 0.315 e. The number of aryl methyl sites for hydroxylation is 1. The summed E-state index contributed by atoms with van der Waals surface area (Å²) in [5, 5.41) is 0. The second-order valence-electron chi connectivity index (χ2n) is 6.98. The van der Waals surface area contributed by atoms with Crippen molar-refractivity contribution in [3.05, 3.63) is 46.2 Å². The van der Waals surface area contributed by atoms with E-state index in [-0.39, 0.29) is 17.7 Å². The molecule has 0 fully saturated rings. The van der Waals surface area contributed by atoms with Crippen LogP contribution in [0.4, 0.5) is 0 Å². The van der Waals surface area contributed by atoms with E-state index in [4.69, 9.17) is 4.74 Å². The van der Waals surface area contributed by atoms with Crippen molar-refractivity contribution in [2.24, 2.45) is 10.9 Å². The van der Waals surface area contributed by atoms with Gasteiger partial charge in [0.25, 0.3) is 0 Å². The molecule has 0 N–H and O–H groups in total. The molecule has 2 atom stereocenters. The van der Waals surface area contributed by atoms with E-state index in [0.717, 1.165) is 22.4 Å². The van der Waals surface area contributed by atoms with Gasteiger partial charge in [-0.15, -0.1) is 0 Å². The maximum atomic E-state index is 12.9. The number of hydrogen-bond acceptors (Lipinski definition) is 5. The number of ether oxygens (including phenoxy) is 1. The third-order valence-electron chi connectivity index (χ3n) is 5.29. The molecule has 2 aliphatic heterocycles. The number of carbonyl (C=O) groups is 2. The number of benzene rings is 1. The molecule has 1 aromatic carbocycles. The van der Waals surface area contributed by atoms with Crippen molar-refractivity contribution in [3.63, 3.8) is 0 Å². The van der Waals surface area contributed by atoms with Crippen LogP contribution in [0.1, 0.15) is 29.5 Å². The van der Waals surface area contributed by atoms with Gasteiger partial charge in [0.05, 0.1) is 19.4 Å². The van der Waals surface area contributed by atoms with E-state index >= 15 is 0 Å². The number of ketones is 1. The Kier molecular flexibility index (Phi) is 4.60. The average molecular weight is 340 g/mol. The number of esters is 1. The number of methoxy groups -OCH3 is 1. The summed E-state index contributed by atoms with van der Waals surface area (Å²) in [6.07, 6.45) is 0. The first kappa shape index (κ1) is 17.5. The molecule has 0 aliphatic carbocycles. The number of hydrogen-bond donors (Lipinski definition) is 0. The Labute approximate surface area is 148 Å². The molecule has 0 amide bonds. The molecule has 2 aliphatic rings. The maximum Gasteiger partial charge on any atom is 0.315 e. The molecule has 0 saturated heterocycles. The van der Waals surface area contributed by atoms with Crippen LogP contribution in [0.15, 0.2) is 34.5 Å². The van der Waals surface area contributed by atoms with E-state index in [9.17, 15) is 9.59 Å². The van der Waals surface area contributed by atoms with E-state index in [1.165, 1.54) is 7.11 Å². The first-order chi connectivity index (χ1) is 11.8. The van der Waals surface area contributed by atoms with Crippen LogP contribution in [-0.2, 0) is 14.3 Å². The minimum Gasteiger partial charge on any atom is -0.468 e. The second-order valence-corrected chi connectivity index (χ2v) is 6.98. The lowest BCUT2D eigenvalue weighted by atomic mass is 9.72. The average Bonchev–Trinajstić information content (AvgIpc) is 2.55. The third-order valence-corrected chi connectivity index (χ3v) is 5.29. The van der Waals surface area contributed by atoms with Gasteiger partial charge in [0.2, 0.25) is 0 Å². The van der Waals surface area contributed by atoms with Gasteiger partial charge in [-0.2, -0.15) is 0 Å². The highest BCUT2D eigenvalue weighted by Gasteiger charge is 2.44. The van der Waals surface area contributed by atoms with Gasteiger partial charge in [-0.05, 0) is 44.5 Å². The lowest BCUT2D eigenvalue weighted by molar-refractivity contribution is -0.143. The van der Waals surface area contributed by atoms with Crippen molar-refractivity contribution in [3.8, 4) is 0 Å². The molecule has 0 radical (unpaired) electrons. The van der Waals surface area contributed by atoms with E-state index < -0.39 is 5.92 Å². The summed E-state index contributed by atoms with van der Waals surface area (Å²) >= 11 is 0. The highest BCUT2D eigenvalue weighted by Crippen LogP contribution is 2.42. The number of Topliss-reactive ketones (excluding diaryl/α,β-unsaturated/α-hetero) is 1. The first-order valence-corrected chi connectivity index (χ1v) is 8.49. The van der Waals surface area contributed by atoms with E-state index in [1.807, 2.05) is 50.9 Å². The first-order valence-electron chi connectivity index (χ1n) is 8.49. The number of rotatable bonds is 2. The molecule has 0 saturated carbocycles. The molecule has 132 valence electrons. The summed E-state index contributed by atoms with van der Waals surface area (Å²) in [5.74, 6) is -1.19. The molecule has 0 aromatic heterocycles. The molecule has 1 aromatic rings. The minimum atomic E-state index is -0.559. The highest BCUT2D eigenvalue weighted by molar-refractivity contribution is 6.09. The van der Waals surface area contributed by atoms with Crippen LogP contribution in [0.25, 0.3) is 0 Å². The third kappa shape index (κ3) is 2.93. The summed E-state index contributed by atoms with van der Waals surface area (Å²) in [6, 6.07) is 6.03. The standard InChI is InChI=1S/C20H24N2O3/c1-11-7-6-8-14(12(11)2)18-17(20(24)25-5)13(3)21-15-9-22(4)10-16(23)19(15)18/h6-8,17-18H,9-10H2,1-5H3. The van der Waals surface area contributed by atoms with Crippen molar-refractivity contribution < 1.29 is 14.3 Å². The van der Waals surface area contributed by atoms with Gasteiger partial charge < -0.3 is 4.74 Å². The van der Waals surface area contributed by atoms with Crippen molar-refractivity contribution in [2.45, 2.75) is 26.7 Å². The number of carbonyl (C=O) groups excluding carboxylic acids is 2. The van der Waals surface area contributed by atoms with Gasteiger partial charge in [0, 0.05) is 23.7 Å². The molecule has 5 nitrogen and oxygen atoms in total. The topological polar surface area (TPSA) is 59.0 Å². The van der Waals surface area contributed by atoms with Gasteiger partial charge >= 0.3 is 5.97 Å². The van der Waals surface area contributed by atoms with Crippen LogP contribution >= 0.6 is 0 Å². The number of likely N-dealkylation sites (N-methyl/N-ethyl adjacent to an activating group) is 1. The van der Waals surface area contributed by atoms with E-state index in [2.05, 4.69) is 4.99 Å². The van der Waals surface area contributed by atoms with E-state index in [1.54, 1.807) is 0 Å². The van der Waals surface area contributed by atoms with Gasteiger partial charge in [-0.3, -0.25) is 19.5 Å². The van der Waals surface area contributed by atoms with Crippen LogP contribution in [0.3, 0.4) is 0 Å². The Morgan fingerprint density at radius 2 is 1.96 bits per heavy atom. The minimum absolute atomic E-state index is 0.0415. The fourth-order valence-corrected chi connectivity index (χ4v) is 3.91. The number of aliphatic imine (C=N–C) groups is 1. The molecular formula is C20H24N2O3. The van der Waals surface area contributed by atoms with Gasteiger partial charge in [0.15, 0.2) is 5.78 Å². The monoisotopic (exact) mass is 340 g/mol. The lowest BCUT2D eigenvalue weighted by Gasteiger charge is -2.37. The van der Waals surface area contributed by atoms with E-state index in [0.29, 0.717) is 24.4 Å². The Morgan fingerprint density at radius 3 is 2.64 bits per heavy atom. The quantitative estimate of drug-likeness (QED) is 0.776. The fraction of sp³-hybridized carbons (Fsp3) is 0.450. The Hall–Kier alpha value is -2.27. The molecule has 0 bridgehead atoms. The van der Waals surface area contributed by atoms with Gasteiger partial charge in [-0.1, -0.05) is 18.2 Å². The van der Waals surface area contributed by atoms with Gasteiger partial charge in [0.1, 0.15) is 5.92 Å². The van der Waals surface area contributed by atoms with Crippen molar-refractivity contribution in [2.75, 3.05) is 27.2 Å². The molecule has 5 heteroatoms. The summed E-state index contributed by atoms with van der Waals surface area (Å²) < 4.78 is 5.05. The molecule has 2 heterocycles. The summed E-state index contributed by atoms with van der Waals surface area (Å²) in [6.45, 7) is 6.90. The summed E-state index contributed by atoms with van der Waals surface area (Å²) in [4.78, 5) is 32.0. The molecule has 3 rings (SSSR count). The lowest BCUT2D eigenvalue weighted by Crippen LogP contribution is -2.43. The number of nitrogens with zero attached hydrogens (tertiary/aromatic N) is 2. The van der Waals surface area contributed by atoms with Crippen molar-refractivity contribution in [1.82, 2.24) is 4.90 Å². The van der Waals surface area contributed by atoms with Crippen LogP contribution in [0, 0.1) is 19.8 Å². The largest absolute Gasteiger partial charge is 0.468 e. The predicted molar refractivity (Wildman–Crippen MR) is 96.8 cm³/mol. The molecule has 2 unspecified atom stereocenters. The Bertz CT molecular complexity index is 807. The van der Waals surface area contributed by atoms with Crippen LogP contribution in [0.2, 0.25) is 0 Å². The molecule has 0 spiro atoms. The fourth-order valence-electron chi connectivity index (χ4n) is 3.91. The second kappa shape index (κ2) is 6.56. The maximum absolute atomic E-state index is 12.9. The normalized spacial score (nSPS) is 24.0. The Morgan fingerprint density at radius 1 is 1.24 bits per heavy atom. The zero-order valence-corrected chi connectivity index (χ0v) is 15.4. The van der Waals surface area contributed by atoms with Crippen LogP contribution in [0.5, 0.6) is 0 Å². The van der Waals surface area contributed by atoms with Crippen LogP contribution < -0.4 is 0 Å². The molecular weight excluding hydrogens is 316 g/mol. The van der Waals surface area contributed by atoms with Gasteiger partial charge in [-0.25, -0.2) is 0 Å². The van der Waals surface area contributed by atoms with Crippen molar-refractivity contribution >= 4 is 17.5 Å². The van der Waals surface area contributed by atoms with Crippen molar-refractivity contribution in [1.29, 1.82) is 0 Å². The summed E-state index contributed by atoms with van der Waals surface area (Å²) in [7, 11) is 3.29. The van der Waals surface area contributed by atoms with Crippen LogP contribution in [-0.4, -0.2) is 49.6 Å². The Balaban J connectivity index is 2.24. The zero-order valence-electron chi connectivity index (χ0n) is 15.4. The zero-order chi connectivity index (χ0) is 18.3. The predicted octanol–water partition coefficient (Wildman–Crippen LogP) is 2.42. The summed E-state index contributed by atoms with van der Waals surface area (Å²) in [5.41, 5.74) is 5.42. The highest BCUT2D eigenvalue weighted by atomic mass is 16.5. The molecule has 25 heavy (non-hydrogen) atoms. The SMILES string of the molecule is COC(=O)C1C(C)=NC2=C(C(=O)CN(C)C2)C1c1cccc(C)c1C.